The molecule has 4 rings (SSSR count). The third-order valence-corrected chi connectivity index (χ3v) is 3.73. The molecular weight excluding hydrogens is 354 g/mol. The highest BCUT2D eigenvalue weighted by atomic mass is 16.6. The molecule has 0 bridgehead atoms. The predicted molar refractivity (Wildman–Crippen MR) is 92.7 cm³/mol. The molecule has 0 saturated carbocycles. The molecule has 134 valence electrons. The molecule has 0 amide bonds. The van der Waals surface area contributed by atoms with Gasteiger partial charge in [0, 0.05) is 5.56 Å². The number of carboxylic acids is 1. The average Bonchev–Trinajstić information content (AvgIpc) is 3.32. The largest absolute Gasteiger partial charge is 0.478 e. The van der Waals surface area contributed by atoms with Gasteiger partial charge in [-0.1, -0.05) is 12.1 Å². The van der Waals surface area contributed by atoms with E-state index in [1.165, 1.54) is 12.1 Å². The third-order valence-electron chi connectivity index (χ3n) is 3.73. The van der Waals surface area contributed by atoms with E-state index in [-0.39, 0.29) is 39.8 Å². The van der Waals surface area contributed by atoms with Crippen molar-refractivity contribution >= 4 is 28.8 Å². The minimum atomic E-state index is -1.04. The monoisotopic (exact) mass is 365 g/mol. The van der Waals surface area contributed by atoms with Crippen LogP contribution in [-0.2, 0) is 0 Å². The number of rotatable bonds is 4. The number of nitrogens with two attached hydrogens (primary N) is 2. The van der Waals surface area contributed by atoms with Crippen LogP contribution in [0.2, 0.25) is 0 Å². The molecule has 0 spiro atoms. The zero-order chi connectivity index (χ0) is 19.0. The van der Waals surface area contributed by atoms with Gasteiger partial charge in [-0.05, 0) is 34.6 Å². The molecule has 3 heterocycles. The molecule has 27 heavy (non-hydrogen) atoms. The van der Waals surface area contributed by atoms with E-state index in [4.69, 9.17) is 21.1 Å². The summed E-state index contributed by atoms with van der Waals surface area (Å²) in [5.74, 6) is 5.18. The first-order valence-electron chi connectivity index (χ1n) is 7.55. The zero-order valence-corrected chi connectivity index (χ0v) is 13.5. The van der Waals surface area contributed by atoms with Crippen molar-refractivity contribution in [3.05, 3.63) is 53.4 Å². The van der Waals surface area contributed by atoms with E-state index >= 15 is 0 Å². The fraction of sp³-hybridized carbons (Fsp3) is 0. The number of aromatic carboxylic acids is 1. The number of aromatic nitrogens is 4. The average molecular weight is 365 g/mol. The summed E-state index contributed by atoms with van der Waals surface area (Å²) in [6.45, 7) is 0. The van der Waals surface area contributed by atoms with Crippen LogP contribution in [0.3, 0.4) is 0 Å². The fourth-order valence-electron chi connectivity index (χ4n) is 2.49. The SMILES string of the molecule is NN=C(c1ccc(-c2cccc(C(=O)O)c2)o1)c1nc2nonc2nc1N. The highest BCUT2D eigenvalue weighted by Gasteiger charge is 2.20. The summed E-state index contributed by atoms with van der Waals surface area (Å²) >= 11 is 0. The number of fused-ring (bicyclic) bond motifs is 1. The van der Waals surface area contributed by atoms with Crippen molar-refractivity contribution in [2.75, 3.05) is 5.73 Å². The number of nitrogens with zero attached hydrogens (tertiary/aromatic N) is 5. The molecule has 0 aliphatic heterocycles. The minimum absolute atomic E-state index is 0.0215. The Morgan fingerprint density at radius 3 is 2.63 bits per heavy atom. The molecule has 11 heteroatoms. The van der Waals surface area contributed by atoms with Gasteiger partial charge in [0.05, 0.1) is 5.56 Å². The first-order valence-corrected chi connectivity index (χ1v) is 7.55. The summed E-state index contributed by atoms with van der Waals surface area (Å²) in [6.07, 6.45) is 0. The Kier molecular flexibility index (Phi) is 3.73. The lowest BCUT2D eigenvalue weighted by Crippen LogP contribution is -2.12. The maximum Gasteiger partial charge on any atom is 0.335 e. The number of carboxylic acid groups (broad SMARTS) is 1. The molecule has 0 fully saturated rings. The Bertz CT molecular complexity index is 1190. The summed E-state index contributed by atoms with van der Waals surface area (Å²) in [6, 6.07) is 9.58. The number of furan rings is 1. The number of nitrogen functional groups attached to an aromatic ring is 1. The molecule has 1 aromatic carbocycles. The van der Waals surface area contributed by atoms with Crippen molar-refractivity contribution in [1.82, 2.24) is 20.3 Å². The second-order valence-corrected chi connectivity index (χ2v) is 5.40. The van der Waals surface area contributed by atoms with Gasteiger partial charge in [-0.15, -0.1) is 0 Å². The maximum absolute atomic E-state index is 11.1. The minimum Gasteiger partial charge on any atom is -0.478 e. The van der Waals surface area contributed by atoms with Crippen molar-refractivity contribution in [3.63, 3.8) is 0 Å². The fourth-order valence-corrected chi connectivity index (χ4v) is 2.49. The highest BCUT2D eigenvalue weighted by Crippen LogP contribution is 2.25. The van der Waals surface area contributed by atoms with E-state index in [1.54, 1.807) is 24.3 Å². The lowest BCUT2D eigenvalue weighted by atomic mass is 10.1. The van der Waals surface area contributed by atoms with Crippen LogP contribution >= 0.6 is 0 Å². The van der Waals surface area contributed by atoms with Crippen LogP contribution in [0.15, 0.2) is 50.5 Å². The van der Waals surface area contributed by atoms with E-state index in [1.807, 2.05) is 0 Å². The van der Waals surface area contributed by atoms with Gasteiger partial charge in [-0.25, -0.2) is 19.4 Å². The van der Waals surface area contributed by atoms with E-state index in [2.05, 4.69) is 30.0 Å². The highest BCUT2D eigenvalue weighted by molar-refractivity contribution is 6.13. The summed E-state index contributed by atoms with van der Waals surface area (Å²) in [5.41, 5.74) is 7.21. The van der Waals surface area contributed by atoms with Crippen LogP contribution in [0.25, 0.3) is 22.6 Å². The molecular formula is C16H11N7O4. The van der Waals surface area contributed by atoms with Crippen molar-refractivity contribution in [2.24, 2.45) is 10.9 Å². The number of hydrogen-bond donors (Lipinski definition) is 3. The molecule has 0 atom stereocenters. The van der Waals surface area contributed by atoms with Crippen LogP contribution in [0.1, 0.15) is 21.8 Å². The Morgan fingerprint density at radius 1 is 1.11 bits per heavy atom. The van der Waals surface area contributed by atoms with Crippen LogP contribution in [-0.4, -0.2) is 37.1 Å². The van der Waals surface area contributed by atoms with E-state index in [9.17, 15) is 4.79 Å². The zero-order valence-electron chi connectivity index (χ0n) is 13.5. The van der Waals surface area contributed by atoms with Crippen molar-refractivity contribution in [1.29, 1.82) is 0 Å². The Labute approximate surface area is 150 Å². The second kappa shape index (κ2) is 6.22. The quantitative estimate of drug-likeness (QED) is 0.270. The van der Waals surface area contributed by atoms with Gasteiger partial charge in [0.1, 0.15) is 11.5 Å². The Morgan fingerprint density at radius 2 is 1.89 bits per heavy atom. The van der Waals surface area contributed by atoms with Crippen molar-refractivity contribution in [3.8, 4) is 11.3 Å². The lowest BCUT2D eigenvalue weighted by Gasteiger charge is -2.04. The first kappa shape index (κ1) is 16.2. The van der Waals surface area contributed by atoms with Gasteiger partial charge in [0.25, 0.3) is 0 Å². The van der Waals surface area contributed by atoms with Gasteiger partial charge >= 0.3 is 5.97 Å². The molecule has 0 aliphatic rings. The van der Waals surface area contributed by atoms with E-state index < -0.39 is 5.97 Å². The second-order valence-electron chi connectivity index (χ2n) is 5.40. The molecule has 3 aromatic heterocycles. The standard InChI is InChI=1S/C16H11N7O4/c17-13-12(19-14-15(20-13)23-27-22-14)11(21-18)10-5-4-9(26-10)7-2-1-3-8(6-7)16(24)25/h1-6H,18H2,(H,24,25)(H2,17,20,23). The van der Waals surface area contributed by atoms with Crippen molar-refractivity contribution < 1.29 is 18.9 Å². The Hall–Kier alpha value is -4.28. The summed E-state index contributed by atoms with van der Waals surface area (Å²) < 4.78 is 10.3. The third kappa shape index (κ3) is 2.82. The van der Waals surface area contributed by atoms with Crippen LogP contribution in [0.5, 0.6) is 0 Å². The van der Waals surface area contributed by atoms with Gasteiger partial charge in [-0.3, -0.25) is 0 Å². The van der Waals surface area contributed by atoms with Crippen LogP contribution in [0.4, 0.5) is 5.82 Å². The molecule has 0 aliphatic carbocycles. The molecule has 11 nitrogen and oxygen atoms in total. The van der Waals surface area contributed by atoms with Gasteiger partial charge in [-0.2, -0.15) is 5.10 Å². The van der Waals surface area contributed by atoms with Crippen LogP contribution in [0, 0.1) is 0 Å². The first-order chi connectivity index (χ1) is 13.1. The smallest absolute Gasteiger partial charge is 0.335 e. The Balaban J connectivity index is 1.75. The number of anilines is 1. The molecule has 0 saturated heterocycles. The molecule has 0 radical (unpaired) electrons. The van der Waals surface area contributed by atoms with Gasteiger partial charge < -0.3 is 21.1 Å². The van der Waals surface area contributed by atoms with E-state index in [0.717, 1.165) is 0 Å². The number of hydrogen-bond acceptors (Lipinski definition) is 10. The topological polar surface area (TPSA) is 180 Å². The molecule has 4 aromatic rings. The summed E-state index contributed by atoms with van der Waals surface area (Å²) in [7, 11) is 0. The lowest BCUT2D eigenvalue weighted by molar-refractivity contribution is 0.0697. The van der Waals surface area contributed by atoms with E-state index in [0.29, 0.717) is 11.3 Å². The number of benzene rings is 1. The maximum atomic E-state index is 11.1. The number of hydrazone groups is 1. The molecule has 0 unspecified atom stereocenters. The predicted octanol–water partition coefficient (Wildman–Crippen LogP) is 1.26. The summed E-state index contributed by atoms with van der Waals surface area (Å²) in [4.78, 5) is 19.4. The van der Waals surface area contributed by atoms with Crippen molar-refractivity contribution in [2.45, 2.75) is 0 Å². The van der Waals surface area contributed by atoms with Gasteiger partial charge in [0.15, 0.2) is 17.3 Å². The molecule has 5 N–H and O–H groups in total. The number of carbonyl (C=O) groups is 1. The van der Waals surface area contributed by atoms with Gasteiger partial charge in [0.2, 0.25) is 11.3 Å². The normalized spacial score (nSPS) is 11.8. The van der Waals surface area contributed by atoms with Crippen LogP contribution < -0.4 is 11.6 Å². The summed E-state index contributed by atoms with van der Waals surface area (Å²) in [5, 5.41) is 20.0.